The van der Waals surface area contributed by atoms with Gasteiger partial charge in [0.05, 0.1) is 23.2 Å². The van der Waals surface area contributed by atoms with Gasteiger partial charge in [0.2, 0.25) is 0 Å². The second-order valence-corrected chi connectivity index (χ2v) is 5.10. The number of halogens is 2. The third-order valence-electron chi connectivity index (χ3n) is 3.01. The molecule has 0 unspecified atom stereocenters. The zero-order valence-corrected chi connectivity index (χ0v) is 12.1. The molecular formula is C13H16BrFN2O2. The fourth-order valence-electron chi connectivity index (χ4n) is 1.93. The van der Waals surface area contributed by atoms with Gasteiger partial charge in [0.15, 0.2) is 0 Å². The van der Waals surface area contributed by atoms with Crippen LogP contribution < -0.4 is 5.32 Å². The summed E-state index contributed by atoms with van der Waals surface area (Å²) >= 11 is 3.09. The van der Waals surface area contributed by atoms with Crippen LogP contribution in [0.1, 0.15) is 10.4 Å². The predicted molar refractivity (Wildman–Crippen MR) is 73.7 cm³/mol. The Balaban J connectivity index is 1.82. The Labute approximate surface area is 120 Å². The van der Waals surface area contributed by atoms with Crippen molar-refractivity contribution in [1.29, 1.82) is 0 Å². The van der Waals surface area contributed by atoms with Crippen molar-refractivity contribution in [2.24, 2.45) is 0 Å². The lowest BCUT2D eigenvalue weighted by Crippen LogP contribution is -2.41. The van der Waals surface area contributed by atoms with Crippen LogP contribution in [0.4, 0.5) is 4.39 Å². The van der Waals surface area contributed by atoms with Crippen LogP contribution in [0.3, 0.4) is 0 Å². The highest BCUT2D eigenvalue weighted by atomic mass is 79.9. The van der Waals surface area contributed by atoms with Gasteiger partial charge in [0, 0.05) is 26.2 Å². The minimum Gasteiger partial charge on any atom is -0.379 e. The Morgan fingerprint density at radius 2 is 2.16 bits per heavy atom. The highest BCUT2D eigenvalue weighted by molar-refractivity contribution is 9.10. The first-order chi connectivity index (χ1) is 9.18. The highest BCUT2D eigenvalue weighted by Crippen LogP contribution is 2.20. The second-order valence-electron chi connectivity index (χ2n) is 4.31. The molecule has 4 nitrogen and oxygen atoms in total. The molecule has 0 spiro atoms. The van der Waals surface area contributed by atoms with Gasteiger partial charge in [-0.1, -0.05) is 6.07 Å². The average molecular weight is 331 g/mol. The minimum atomic E-state index is -0.430. The molecule has 104 valence electrons. The zero-order valence-electron chi connectivity index (χ0n) is 10.5. The molecule has 0 bridgehead atoms. The number of nitrogens with zero attached hydrogens (tertiary/aromatic N) is 1. The number of benzene rings is 1. The van der Waals surface area contributed by atoms with Gasteiger partial charge in [-0.05, 0) is 28.1 Å². The number of ether oxygens (including phenoxy) is 1. The third kappa shape index (κ3) is 3.99. The third-order valence-corrected chi connectivity index (χ3v) is 3.82. The Bertz CT molecular complexity index is 450. The Morgan fingerprint density at radius 1 is 1.42 bits per heavy atom. The van der Waals surface area contributed by atoms with Crippen LogP contribution in [0.5, 0.6) is 0 Å². The molecule has 1 aromatic rings. The molecule has 1 aliphatic rings. The van der Waals surface area contributed by atoms with E-state index in [1.807, 2.05) is 0 Å². The first kappa shape index (κ1) is 14.4. The fourth-order valence-corrected chi connectivity index (χ4v) is 2.37. The van der Waals surface area contributed by atoms with E-state index in [4.69, 9.17) is 4.74 Å². The zero-order chi connectivity index (χ0) is 13.7. The van der Waals surface area contributed by atoms with Gasteiger partial charge in [-0.3, -0.25) is 9.69 Å². The van der Waals surface area contributed by atoms with Crippen molar-refractivity contribution in [3.8, 4) is 0 Å². The number of carbonyl (C=O) groups excluding carboxylic acids is 1. The lowest BCUT2D eigenvalue weighted by molar-refractivity contribution is 0.0383. The van der Waals surface area contributed by atoms with Gasteiger partial charge in [0.25, 0.3) is 5.91 Å². The van der Waals surface area contributed by atoms with E-state index in [9.17, 15) is 9.18 Å². The van der Waals surface area contributed by atoms with Crippen molar-refractivity contribution >= 4 is 21.8 Å². The SMILES string of the molecule is O=C(NCCN1CCOCC1)c1cccc(F)c1Br. The molecule has 0 aromatic heterocycles. The van der Waals surface area contributed by atoms with Crippen LogP contribution in [0.25, 0.3) is 0 Å². The molecule has 0 saturated carbocycles. The molecule has 6 heteroatoms. The van der Waals surface area contributed by atoms with Crippen LogP contribution in [0.2, 0.25) is 0 Å². The minimum absolute atomic E-state index is 0.207. The summed E-state index contributed by atoms with van der Waals surface area (Å²) in [7, 11) is 0. The smallest absolute Gasteiger partial charge is 0.252 e. The van der Waals surface area contributed by atoms with Crippen LogP contribution in [0.15, 0.2) is 22.7 Å². The van der Waals surface area contributed by atoms with Crippen LogP contribution in [-0.2, 0) is 4.74 Å². The van der Waals surface area contributed by atoms with Crippen molar-refractivity contribution in [2.75, 3.05) is 39.4 Å². The molecule has 1 aliphatic heterocycles. The van der Waals surface area contributed by atoms with E-state index in [0.717, 1.165) is 32.8 Å². The Kier molecular flexibility index (Phi) is 5.30. The van der Waals surface area contributed by atoms with Gasteiger partial charge in [-0.15, -0.1) is 0 Å². The molecule has 0 atom stereocenters. The van der Waals surface area contributed by atoms with E-state index in [2.05, 4.69) is 26.1 Å². The lowest BCUT2D eigenvalue weighted by atomic mass is 10.2. The predicted octanol–water partition coefficient (Wildman–Crippen LogP) is 1.65. The number of carbonyl (C=O) groups is 1. The number of hydrogen-bond acceptors (Lipinski definition) is 3. The summed E-state index contributed by atoms with van der Waals surface area (Å²) in [6.07, 6.45) is 0. The second kappa shape index (κ2) is 6.98. The van der Waals surface area contributed by atoms with Crippen LogP contribution >= 0.6 is 15.9 Å². The van der Waals surface area contributed by atoms with E-state index in [1.54, 1.807) is 6.07 Å². The summed E-state index contributed by atoms with van der Waals surface area (Å²) in [5.41, 5.74) is 0.321. The largest absolute Gasteiger partial charge is 0.379 e. The fraction of sp³-hybridized carbons (Fsp3) is 0.462. The monoisotopic (exact) mass is 330 g/mol. The van der Waals surface area contributed by atoms with Crippen molar-refractivity contribution in [2.45, 2.75) is 0 Å². The molecule has 0 radical (unpaired) electrons. The van der Waals surface area contributed by atoms with E-state index in [1.165, 1.54) is 12.1 Å². The first-order valence-electron chi connectivity index (χ1n) is 6.21. The van der Waals surface area contributed by atoms with E-state index >= 15 is 0 Å². The molecule has 2 rings (SSSR count). The molecule has 1 fully saturated rings. The maximum absolute atomic E-state index is 13.3. The van der Waals surface area contributed by atoms with E-state index in [-0.39, 0.29) is 10.4 Å². The number of nitrogens with one attached hydrogen (secondary N) is 1. The molecule has 1 amide bonds. The molecule has 1 aromatic carbocycles. The van der Waals surface area contributed by atoms with Gasteiger partial charge in [-0.2, -0.15) is 0 Å². The molecule has 1 heterocycles. The maximum Gasteiger partial charge on any atom is 0.252 e. The summed E-state index contributed by atoms with van der Waals surface area (Å²) in [5, 5.41) is 2.80. The quantitative estimate of drug-likeness (QED) is 0.912. The Hall–Kier alpha value is -0.980. The van der Waals surface area contributed by atoms with Crippen molar-refractivity contribution in [1.82, 2.24) is 10.2 Å². The van der Waals surface area contributed by atoms with Gasteiger partial charge < -0.3 is 10.1 Å². The number of amides is 1. The van der Waals surface area contributed by atoms with Crippen molar-refractivity contribution in [3.05, 3.63) is 34.1 Å². The molecular weight excluding hydrogens is 315 g/mol. The lowest BCUT2D eigenvalue weighted by Gasteiger charge is -2.26. The summed E-state index contributed by atoms with van der Waals surface area (Å²) in [6, 6.07) is 4.43. The van der Waals surface area contributed by atoms with Crippen LogP contribution in [0, 0.1) is 5.82 Å². The van der Waals surface area contributed by atoms with Crippen LogP contribution in [-0.4, -0.2) is 50.2 Å². The van der Waals surface area contributed by atoms with Gasteiger partial charge in [0.1, 0.15) is 5.82 Å². The number of morpholine rings is 1. The summed E-state index contributed by atoms with van der Waals surface area (Å²) in [5.74, 6) is -0.694. The molecule has 19 heavy (non-hydrogen) atoms. The molecule has 1 saturated heterocycles. The summed E-state index contributed by atoms with van der Waals surface area (Å²) in [6.45, 7) is 4.58. The van der Waals surface area contributed by atoms with Crippen molar-refractivity contribution < 1.29 is 13.9 Å². The topological polar surface area (TPSA) is 41.6 Å². The first-order valence-corrected chi connectivity index (χ1v) is 7.00. The molecule has 1 N–H and O–H groups in total. The van der Waals surface area contributed by atoms with E-state index < -0.39 is 5.82 Å². The van der Waals surface area contributed by atoms with Gasteiger partial charge in [-0.25, -0.2) is 4.39 Å². The maximum atomic E-state index is 13.3. The Morgan fingerprint density at radius 3 is 2.89 bits per heavy atom. The highest BCUT2D eigenvalue weighted by Gasteiger charge is 2.14. The summed E-state index contributed by atoms with van der Waals surface area (Å²) in [4.78, 5) is 14.1. The van der Waals surface area contributed by atoms with Gasteiger partial charge >= 0.3 is 0 Å². The number of hydrogen-bond donors (Lipinski definition) is 1. The summed E-state index contributed by atoms with van der Waals surface area (Å²) < 4.78 is 18.8. The standard InChI is InChI=1S/C13H16BrFN2O2/c14-12-10(2-1-3-11(12)15)13(18)16-4-5-17-6-8-19-9-7-17/h1-3H,4-9H2,(H,16,18). The molecule has 0 aliphatic carbocycles. The number of rotatable bonds is 4. The van der Waals surface area contributed by atoms with Crippen molar-refractivity contribution in [3.63, 3.8) is 0 Å². The average Bonchev–Trinajstić information content (AvgIpc) is 2.43. The van der Waals surface area contributed by atoms with E-state index in [0.29, 0.717) is 12.1 Å². The normalized spacial score (nSPS) is 16.3.